The molecule has 0 spiro atoms. The summed E-state index contributed by atoms with van der Waals surface area (Å²) in [5.41, 5.74) is 2.43. The highest BCUT2D eigenvalue weighted by Gasteiger charge is 2.26. The second-order valence-electron chi connectivity index (χ2n) is 4.18. The van der Waals surface area contributed by atoms with Gasteiger partial charge in [-0.05, 0) is 6.92 Å². The zero-order valence-corrected chi connectivity index (χ0v) is 12.4. The molecule has 0 aliphatic carbocycles. The van der Waals surface area contributed by atoms with Crippen LogP contribution in [0.5, 0.6) is 0 Å². The minimum atomic E-state index is 0.644. The van der Waals surface area contributed by atoms with Crippen LogP contribution in [0.3, 0.4) is 0 Å². The highest BCUT2D eigenvalue weighted by atomic mass is 127. The van der Waals surface area contributed by atoms with Crippen molar-refractivity contribution in [3.63, 3.8) is 0 Å². The van der Waals surface area contributed by atoms with Gasteiger partial charge in [-0.3, -0.25) is 0 Å². The molecule has 0 radical (unpaired) electrons. The molecule has 0 fully saturated rings. The topological polar surface area (TPSA) is 30.7 Å². The second kappa shape index (κ2) is 4.61. The number of halogens is 1. The standard InChI is InChI=1S/C12H12IN3S/c1-8-2-4-9(5-3-8)11-14-15-12-16(11)7-10(6-13)17-12/h2-5,10H,6-7H2,1H3/t10-/m1/s1. The van der Waals surface area contributed by atoms with Gasteiger partial charge in [0.2, 0.25) is 0 Å². The molecule has 5 heteroatoms. The Hall–Kier alpha value is -0.560. The van der Waals surface area contributed by atoms with Crippen LogP contribution in [0.2, 0.25) is 0 Å². The summed E-state index contributed by atoms with van der Waals surface area (Å²) in [6.07, 6.45) is 0. The number of benzene rings is 1. The minimum Gasteiger partial charge on any atom is -0.301 e. The smallest absolute Gasteiger partial charge is 0.191 e. The maximum atomic E-state index is 4.30. The Bertz CT molecular complexity index is 535. The van der Waals surface area contributed by atoms with Gasteiger partial charge >= 0.3 is 0 Å². The van der Waals surface area contributed by atoms with Crippen LogP contribution in [0.15, 0.2) is 29.4 Å². The molecular weight excluding hydrogens is 345 g/mol. The van der Waals surface area contributed by atoms with E-state index in [2.05, 4.69) is 68.5 Å². The molecule has 3 rings (SSSR count). The molecule has 0 bridgehead atoms. The number of thioether (sulfide) groups is 1. The lowest BCUT2D eigenvalue weighted by Crippen LogP contribution is -2.07. The zero-order valence-electron chi connectivity index (χ0n) is 9.43. The van der Waals surface area contributed by atoms with Crippen LogP contribution in [0.1, 0.15) is 5.56 Å². The van der Waals surface area contributed by atoms with Crippen LogP contribution in [0.4, 0.5) is 0 Å². The molecule has 1 aliphatic heterocycles. The average molecular weight is 357 g/mol. The maximum absolute atomic E-state index is 4.30. The van der Waals surface area contributed by atoms with Gasteiger partial charge in [0.05, 0.1) is 0 Å². The molecule has 3 nitrogen and oxygen atoms in total. The lowest BCUT2D eigenvalue weighted by Gasteiger charge is -2.05. The summed E-state index contributed by atoms with van der Waals surface area (Å²) in [7, 11) is 0. The largest absolute Gasteiger partial charge is 0.301 e. The van der Waals surface area contributed by atoms with Crippen LogP contribution >= 0.6 is 34.4 Å². The fraction of sp³-hybridized carbons (Fsp3) is 0.333. The highest BCUT2D eigenvalue weighted by molar-refractivity contribution is 14.1. The van der Waals surface area contributed by atoms with E-state index >= 15 is 0 Å². The van der Waals surface area contributed by atoms with Gasteiger partial charge in [-0.25, -0.2) is 0 Å². The molecule has 2 heterocycles. The molecule has 0 amide bonds. The van der Waals surface area contributed by atoms with Crippen molar-refractivity contribution in [2.75, 3.05) is 4.43 Å². The molecule has 1 aromatic heterocycles. The Morgan fingerprint density at radius 3 is 2.82 bits per heavy atom. The lowest BCUT2D eigenvalue weighted by molar-refractivity contribution is 0.681. The van der Waals surface area contributed by atoms with Crippen molar-refractivity contribution in [1.29, 1.82) is 0 Å². The Kier molecular flexibility index (Phi) is 3.12. The molecule has 0 saturated heterocycles. The monoisotopic (exact) mass is 357 g/mol. The number of hydrogen-bond donors (Lipinski definition) is 0. The Labute approximate surface area is 118 Å². The van der Waals surface area contributed by atoms with E-state index in [0.717, 1.165) is 27.5 Å². The molecular formula is C12H12IN3S. The molecule has 0 unspecified atom stereocenters. The Morgan fingerprint density at radius 1 is 1.35 bits per heavy atom. The van der Waals surface area contributed by atoms with E-state index in [0.29, 0.717) is 5.25 Å². The van der Waals surface area contributed by atoms with Crippen molar-refractivity contribution < 1.29 is 0 Å². The number of alkyl halides is 1. The summed E-state index contributed by atoms with van der Waals surface area (Å²) in [6, 6.07) is 8.48. The van der Waals surface area contributed by atoms with Crippen molar-refractivity contribution in [1.82, 2.24) is 14.8 Å². The van der Waals surface area contributed by atoms with Crippen molar-refractivity contribution in [3.8, 4) is 11.4 Å². The summed E-state index contributed by atoms with van der Waals surface area (Å²) in [6.45, 7) is 3.12. The lowest BCUT2D eigenvalue weighted by atomic mass is 10.1. The van der Waals surface area contributed by atoms with E-state index < -0.39 is 0 Å². The first-order valence-electron chi connectivity index (χ1n) is 5.51. The molecule has 0 N–H and O–H groups in total. The molecule has 17 heavy (non-hydrogen) atoms. The van der Waals surface area contributed by atoms with E-state index in [9.17, 15) is 0 Å². The summed E-state index contributed by atoms with van der Waals surface area (Å²) in [4.78, 5) is 0. The first-order valence-corrected chi connectivity index (χ1v) is 7.91. The number of aryl methyl sites for hydroxylation is 1. The van der Waals surface area contributed by atoms with Gasteiger partial charge in [-0.1, -0.05) is 64.2 Å². The second-order valence-corrected chi connectivity index (χ2v) is 6.33. The van der Waals surface area contributed by atoms with Gasteiger partial charge in [0.1, 0.15) is 0 Å². The average Bonchev–Trinajstić information content (AvgIpc) is 2.89. The first kappa shape index (κ1) is 11.5. The van der Waals surface area contributed by atoms with Crippen LogP contribution in [-0.2, 0) is 6.54 Å². The normalized spacial score (nSPS) is 18.4. The van der Waals surface area contributed by atoms with Gasteiger partial charge < -0.3 is 4.57 Å². The number of aromatic nitrogens is 3. The fourth-order valence-corrected chi connectivity index (χ4v) is 3.71. The highest BCUT2D eigenvalue weighted by Crippen LogP contribution is 2.35. The molecule has 88 valence electrons. The first-order chi connectivity index (χ1) is 8.28. The van der Waals surface area contributed by atoms with E-state index in [1.54, 1.807) is 0 Å². The maximum Gasteiger partial charge on any atom is 0.191 e. The molecule has 2 aromatic rings. The summed E-state index contributed by atoms with van der Waals surface area (Å²) < 4.78 is 3.39. The van der Waals surface area contributed by atoms with Gasteiger partial charge in [0.15, 0.2) is 11.0 Å². The van der Waals surface area contributed by atoms with E-state index in [-0.39, 0.29) is 0 Å². The fourth-order valence-electron chi connectivity index (χ4n) is 1.93. The summed E-state index contributed by atoms with van der Waals surface area (Å²) >= 11 is 4.27. The zero-order chi connectivity index (χ0) is 11.8. The Balaban J connectivity index is 1.98. The predicted molar refractivity (Wildman–Crippen MR) is 78.7 cm³/mol. The molecule has 1 atom stereocenters. The predicted octanol–water partition coefficient (Wildman–Crippen LogP) is 3.16. The third kappa shape index (κ3) is 2.10. The minimum absolute atomic E-state index is 0.644. The van der Waals surface area contributed by atoms with E-state index in [1.807, 2.05) is 11.8 Å². The number of hydrogen-bond acceptors (Lipinski definition) is 3. The van der Waals surface area contributed by atoms with Gasteiger partial charge in [0, 0.05) is 21.8 Å². The van der Waals surface area contributed by atoms with Crippen LogP contribution < -0.4 is 0 Å². The van der Waals surface area contributed by atoms with Crippen molar-refractivity contribution in [2.24, 2.45) is 0 Å². The third-order valence-electron chi connectivity index (χ3n) is 2.86. The Morgan fingerprint density at radius 2 is 2.12 bits per heavy atom. The number of nitrogens with zero attached hydrogens (tertiary/aromatic N) is 3. The molecule has 1 aromatic carbocycles. The SMILES string of the molecule is Cc1ccc(-c2nnc3n2C[C@@H](CI)S3)cc1. The molecule has 0 saturated carbocycles. The van der Waals surface area contributed by atoms with Crippen LogP contribution in [0, 0.1) is 6.92 Å². The molecule has 1 aliphatic rings. The third-order valence-corrected chi connectivity index (χ3v) is 5.68. The van der Waals surface area contributed by atoms with Crippen molar-refractivity contribution in [2.45, 2.75) is 23.9 Å². The van der Waals surface area contributed by atoms with Crippen LogP contribution in [-0.4, -0.2) is 24.4 Å². The van der Waals surface area contributed by atoms with E-state index in [1.165, 1.54) is 5.56 Å². The quantitative estimate of drug-likeness (QED) is 0.611. The van der Waals surface area contributed by atoms with E-state index in [4.69, 9.17) is 0 Å². The summed E-state index contributed by atoms with van der Waals surface area (Å²) in [5, 5.41) is 10.3. The van der Waals surface area contributed by atoms with Gasteiger partial charge in [-0.15, -0.1) is 10.2 Å². The number of rotatable bonds is 2. The van der Waals surface area contributed by atoms with Crippen LogP contribution in [0.25, 0.3) is 11.4 Å². The summed E-state index contributed by atoms with van der Waals surface area (Å²) in [5.74, 6) is 1.000. The number of fused-ring (bicyclic) bond motifs is 1. The van der Waals surface area contributed by atoms with Gasteiger partial charge in [0.25, 0.3) is 0 Å². The van der Waals surface area contributed by atoms with Gasteiger partial charge in [-0.2, -0.15) is 0 Å². The van der Waals surface area contributed by atoms with Crippen molar-refractivity contribution >= 4 is 34.4 Å². The van der Waals surface area contributed by atoms with Crippen molar-refractivity contribution in [3.05, 3.63) is 29.8 Å².